The van der Waals surface area contributed by atoms with E-state index in [2.05, 4.69) is 31.4 Å². The van der Waals surface area contributed by atoms with Gasteiger partial charge in [0.15, 0.2) is 5.82 Å². The third-order valence-corrected chi connectivity index (χ3v) is 5.24. The molecule has 2 aromatic rings. The Kier molecular flexibility index (Phi) is 5.95. The third-order valence-electron chi connectivity index (χ3n) is 5.24. The highest BCUT2D eigenvalue weighted by atomic mass is 16.5. The van der Waals surface area contributed by atoms with Gasteiger partial charge in [-0.1, -0.05) is 12.1 Å². The van der Waals surface area contributed by atoms with Crippen molar-refractivity contribution in [2.24, 2.45) is 0 Å². The highest BCUT2D eigenvalue weighted by Crippen LogP contribution is 2.24. The van der Waals surface area contributed by atoms with Crippen LogP contribution < -0.4 is 19.9 Å². The minimum Gasteiger partial charge on any atom is -0.495 e. The summed E-state index contributed by atoms with van der Waals surface area (Å²) < 4.78 is 10.7. The Morgan fingerprint density at radius 2 is 1.83 bits per heavy atom. The molecule has 2 amide bonds. The molecule has 9 heteroatoms. The van der Waals surface area contributed by atoms with E-state index in [-0.39, 0.29) is 6.03 Å². The summed E-state index contributed by atoms with van der Waals surface area (Å²) in [5, 5.41) is 11.4. The van der Waals surface area contributed by atoms with Gasteiger partial charge >= 0.3 is 6.03 Å². The topological polar surface area (TPSA) is 83.1 Å². The number of nitrogens with one attached hydrogen (secondary N) is 1. The zero-order chi connectivity index (χ0) is 20.1. The van der Waals surface area contributed by atoms with Crippen LogP contribution in [-0.2, 0) is 4.74 Å². The first-order valence-corrected chi connectivity index (χ1v) is 9.84. The summed E-state index contributed by atoms with van der Waals surface area (Å²) in [6, 6.07) is 9.36. The van der Waals surface area contributed by atoms with Crippen LogP contribution in [0.15, 0.2) is 36.5 Å². The Morgan fingerprint density at radius 1 is 1.07 bits per heavy atom. The number of hydrogen-bond donors (Lipinski definition) is 1. The molecule has 0 unspecified atom stereocenters. The minimum atomic E-state index is -0.123. The monoisotopic (exact) mass is 398 g/mol. The lowest BCUT2D eigenvalue weighted by Crippen LogP contribution is -2.50. The second-order valence-electron chi connectivity index (χ2n) is 6.98. The van der Waals surface area contributed by atoms with Gasteiger partial charge in [0.1, 0.15) is 5.75 Å². The number of para-hydroxylation sites is 2. The number of ether oxygens (including phenoxy) is 2. The number of benzene rings is 1. The Morgan fingerprint density at radius 3 is 2.59 bits per heavy atom. The van der Waals surface area contributed by atoms with Crippen LogP contribution >= 0.6 is 0 Å². The Balaban J connectivity index is 1.35. The number of rotatable bonds is 4. The van der Waals surface area contributed by atoms with Gasteiger partial charge in [-0.3, -0.25) is 0 Å². The van der Waals surface area contributed by atoms with E-state index in [0.29, 0.717) is 37.6 Å². The second-order valence-corrected chi connectivity index (χ2v) is 6.98. The minimum absolute atomic E-state index is 0.123. The molecule has 2 fully saturated rings. The lowest BCUT2D eigenvalue weighted by atomic mass is 10.2. The van der Waals surface area contributed by atoms with Crippen LogP contribution in [0.4, 0.5) is 22.0 Å². The molecule has 0 radical (unpaired) electrons. The predicted molar refractivity (Wildman–Crippen MR) is 111 cm³/mol. The first-order valence-electron chi connectivity index (χ1n) is 9.84. The van der Waals surface area contributed by atoms with Crippen LogP contribution in [0, 0.1) is 0 Å². The first kappa shape index (κ1) is 19.3. The molecule has 1 N–H and O–H groups in total. The van der Waals surface area contributed by atoms with Crippen LogP contribution in [0.2, 0.25) is 0 Å². The molecule has 0 atom stereocenters. The maximum atomic E-state index is 12.6. The van der Waals surface area contributed by atoms with Gasteiger partial charge < -0.3 is 29.5 Å². The molecule has 29 heavy (non-hydrogen) atoms. The van der Waals surface area contributed by atoms with Gasteiger partial charge in [0, 0.05) is 45.3 Å². The number of amides is 2. The van der Waals surface area contributed by atoms with E-state index >= 15 is 0 Å². The zero-order valence-electron chi connectivity index (χ0n) is 16.6. The fraction of sp³-hybridized carbons (Fsp3) is 0.450. The first-order chi connectivity index (χ1) is 14.2. The number of carbonyl (C=O) groups excluding carboxylic acids is 1. The van der Waals surface area contributed by atoms with Crippen LogP contribution in [0.25, 0.3) is 0 Å². The summed E-state index contributed by atoms with van der Waals surface area (Å²) in [6.45, 7) is 5.84. The van der Waals surface area contributed by atoms with Crippen molar-refractivity contribution in [1.82, 2.24) is 15.1 Å². The second kappa shape index (κ2) is 8.95. The lowest BCUT2D eigenvalue weighted by molar-refractivity contribution is 0.122. The van der Waals surface area contributed by atoms with Gasteiger partial charge in [0.2, 0.25) is 0 Å². The molecule has 4 rings (SSSR count). The lowest BCUT2D eigenvalue weighted by Gasteiger charge is -2.35. The summed E-state index contributed by atoms with van der Waals surface area (Å²) in [4.78, 5) is 18.9. The largest absolute Gasteiger partial charge is 0.495 e. The van der Waals surface area contributed by atoms with Crippen molar-refractivity contribution in [1.29, 1.82) is 0 Å². The molecule has 2 saturated heterocycles. The average molecular weight is 398 g/mol. The van der Waals surface area contributed by atoms with E-state index in [1.807, 2.05) is 29.2 Å². The number of carbonyl (C=O) groups is 1. The maximum Gasteiger partial charge on any atom is 0.322 e. The molecular weight excluding hydrogens is 372 g/mol. The van der Waals surface area contributed by atoms with E-state index in [1.165, 1.54) is 0 Å². The van der Waals surface area contributed by atoms with Crippen molar-refractivity contribution in [3.8, 4) is 5.75 Å². The molecule has 0 aliphatic carbocycles. The highest BCUT2D eigenvalue weighted by molar-refractivity contribution is 5.91. The van der Waals surface area contributed by atoms with Gasteiger partial charge in [-0.05, 0) is 12.1 Å². The molecule has 2 aliphatic heterocycles. The van der Waals surface area contributed by atoms with Crippen LogP contribution in [0.3, 0.4) is 0 Å². The number of anilines is 3. The molecule has 1 aromatic heterocycles. The molecule has 2 aliphatic rings. The number of aromatic nitrogens is 2. The Hall–Kier alpha value is -3.07. The molecule has 0 bridgehead atoms. The molecule has 0 saturated carbocycles. The molecule has 154 valence electrons. The molecule has 0 spiro atoms. The van der Waals surface area contributed by atoms with E-state index in [1.54, 1.807) is 13.3 Å². The SMILES string of the molecule is COc1ccccc1NC(=O)N1CCN(c2cc(N3CCOCC3)cnn2)CC1. The molecule has 3 heterocycles. The number of methoxy groups -OCH3 is 1. The van der Waals surface area contributed by atoms with Gasteiger partial charge in [-0.25, -0.2) is 4.79 Å². The molecule has 9 nitrogen and oxygen atoms in total. The third kappa shape index (κ3) is 4.51. The van der Waals surface area contributed by atoms with Gasteiger partial charge in [-0.2, -0.15) is 5.10 Å². The van der Waals surface area contributed by atoms with Crippen LogP contribution in [-0.4, -0.2) is 80.7 Å². The average Bonchev–Trinajstić information content (AvgIpc) is 2.80. The zero-order valence-corrected chi connectivity index (χ0v) is 16.6. The Labute approximate surface area is 170 Å². The van der Waals surface area contributed by atoms with Crippen molar-refractivity contribution in [3.63, 3.8) is 0 Å². The smallest absolute Gasteiger partial charge is 0.322 e. The van der Waals surface area contributed by atoms with Crippen molar-refractivity contribution in [2.75, 3.05) is 74.7 Å². The summed E-state index contributed by atoms with van der Waals surface area (Å²) >= 11 is 0. The quantitative estimate of drug-likeness (QED) is 0.839. The van der Waals surface area contributed by atoms with Gasteiger partial charge in [0.25, 0.3) is 0 Å². The predicted octanol–water partition coefficient (Wildman–Crippen LogP) is 1.68. The molecule has 1 aromatic carbocycles. The van der Waals surface area contributed by atoms with Crippen molar-refractivity contribution in [2.45, 2.75) is 0 Å². The van der Waals surface area contributed by atoms with Crippen molar-refractivity contribution >= 4 is 23.2 Å². The summed E-state index contributed by atoms with van der Waals surface area (Å²) in [7, 11) is 1.59. The van der Waals surface area contributed by atoms with Crippen molar-refractivity contribution in [3.05, 3.63) is 36.5 Å². The summed E-state index contributed by atoms with van der Waals surface area (Å²) in [5.74, 6) is 1.49. The maximum absolute atomic E-state index is 12.6. The van der Waals surface area contributed by atoms with E-state index in [4.69, 9.17) is 9.47 Å². The number of piperazine rings is 1. The number of hydrogen-bond acceptors (Lipinski definition) is 7. The highest BCUT2D eigenvalue weighted by Gasteiger charge is 2.23. The number of morpholine rings is 1. The van der Waals surface area contributed by atoms with Crippen LogP contribution in [0.1, 0.15) is 0 Å². The van der Waals surface area contributed by atoms with E-state index in [0.717, 1.165) is 37.8 Å². The van der Waals surface area contributed by atoms with Crippen LogP contribution in [0.5, 0.6) is 5.75 Å². The molecular formula is C20H26N6O3. The van der Waals surface area contributed by atoms with E-state index < -0.39 is 0 Å². The number of urea groups is 1. The standard InChI is InChI=1S/C20H26N6O3/c1-28-18-5-3-2-4-17(18)22-20(27)26-8-6-25(7-9-26)19-14-16(15-21-23-19)24-10-12-29-13-11-24/h2-5,14-15H,6-13H2,1H3,(H,22,27). The van der Waals surface area contributed by atoms with E-state index in [9.17, 15) is 4.79 Å². The van der Waals surface area contributed by atoms with Crippen molar-refractivity contribution < 1.29 is 14.3 Å². The fourth-order valence-electron chi connectivity index (χ4n) is 3.58. The number of nitrogens with zero attached hydrogens (tertiary/aromatic N) is 5. The normalized spacial score (nSPS) is 17.2. The Bertz CT molecular complexity index is 834. The summed E-state index contributed by atoms with van der Waals surface area (Å²) in [6.07, 6.45) is 1.80. The van der Waals surface area contributed by atoms with Gasteiger partial charge in [0.05, 0.1) is 37.9 Å². The van der Waals surface area contributed by atoms with Gasteiger partial charge in [-0.15, -0.1) is 5.10 Å². The fourth-order valence-corrected chi connectivity index (χ4v) is 3.58. The summed E-state index contributed by atoms with van der Waals surface area (Å²) in [5.41, 5.74) is 1.74.